The summed E-state index contributed by atoms with van der Waals surface area (Å²) in [5, 5.41) is 8.58. The fourth-order valence-corrected chi connectivity index (χ4v) is 16.1. The number of rotatable bonds is 11. The van der Waals surface area contributed by atoms with E-state index in [1.54, 1.807) is 0 Å². The number of hydrogen-bond acceptors (Lipinski definition) is 3. The van der Waals surface area contributed by atoms with Crippen molar-refractivity contribution in [3.05, 3.63) is 251 Å². The summed E-state index contributed by atoms with van der Waals surface area (Å²) in [5.74, 6) is 0. The Labute approximate surface area is 421 Å². The number of thiocarbonyl (C=S) groups is 1. The molecule has 2 aliphatic rings. The molecule has 0 saturated heterocycles. The third-order valence-electron chi connectivity index (χ3n) is 13.1. The van der Waals surface area contributed by atoms with Gasteiger partial charge in [0.05, 0.1) is 20.7 Å². The van der Waals surface area contributed by atoms with E-state index in [0.717, 1.165) is 41.7 Å². The zero-order chi connectivity index (χ0) is 46.4. The Kier molecular flexibility index (Phi) is 18.3. The maximum absolute atomic E-state index is 7.00. The van der Waals surface area contributed by atoms with Gasteiger partial charge in [-0.3, -0.25) is 0 Å². The fraction of sp³-hybridized carbons (Fsp3) is 0.169. The van der Waals surface area contributed by atoms with Crippen molar-refractivity contribution in [1.29, 1.82) is 0 Å². The predicted octanol–water partition coefficient (Wildman–Crippen LogP) is 12.0. The molecule has 338 valence electrons. The molecular weight excluding hydrogens is 1000 g/mol. The average Bonchev–Trinajstić information content (AvgIpc) is 3.40. The first-order valence-corrected chi connectivity index (χ1v) is 31.1. The van der Waals surface area contributed by atoms with Crippen molar-refractivity contribution in [3.8, 4) is 0 Å². The molecule has 0 heterocycles. The number of benzene rings is 8. The summed E-state index contributed by atoms with van der Waals surface area (Å²) in [5.41, 5.74) is 23.2. The van der Waals surface area contributed by atoms with Crippen LogP contribution in [0, 0.1) is 0 Å². The molecule has 0 radical (unpaired) electrons. The van der Waals surface area contributed by atoms with Gasteiger partial charge in [-0.1, -0.05) is 158 Å². The van der Waals surface area contributed by atoms with Crippen LogP contribution >= 0.6 is 47.4 Å². The predicted molar refractivity (Wildman–Crippen MR) is 296 cm³/mol. The second-order valence-corrected chi connectivity index (χ2v) is 25.1. The van der Waals surface area contributed by atoms with E-state index in [1.165, 1.54) is 90.9 Å². The van der Waals surface area contributed by atoms with Crippen LogP contribution in [0.2, 0.25) is 0 Å². The van der Waals surface area contributed by atoms with E-state index in [9.17, 15) is 0 Å². The summed E-state index contributed by atoms with van der Waals surface area (Å²) in [7, 11) is 7.05. The summed E-state index contributed by atoms with van der Waals surface area (Å²) < 4.78 is 0. The Hall–Kier alpha value is -4.17. The minimum absolute atomic E-state index is 0.163. The van der Waals surface area contributed by atoms with Crippen LogP contribution in [0.5, 0.6) is 0 Å². The first-order chi connectivity index (χ1) is 33.0. The zero-order valence-electron chi connectivity index (χ0n) is 37.6. The van der Waals surface area contributed by atoms with Gasteiger partial charge in [-0.2, -0.15) is 0 Å². The van der Waals surface area contributed by atoms with E-state index in [1.807, 2.05) is 60.7 Å². The van der Waals surface area contributed by atoms with Crippen LogP contribution in [0.25, 0.3) is 0 Å². The van der Waals surface area contributed by atoms with Gasteiger partial charge >= 0.3 is 34.5 Å². The minimum atomic E-state index is -1.33. The number of aryl methyl sites for hydroxylation is 2. The topological polar surface area (TPSA) is 52.0 Å². The summed E-state index contributed by atoms with van der Waals surface area (Å²) in [6.07, 6.45) is 9.48. The third-order valence-corrected chi connectivity index (χ3v) is 19.0. The van der Waals surface area contributed by atoms with Crippen molar-refractivity contribution < 1.29 is 15.1 Å². The molecule has 0 saturated carbocycles. The summed E-state index contributed by atoms with van der Waals surface area (Å²) >= 11 is 6.66. The Morgan fingerprint density at radius 3 is 0.970 bits per heavy atom. The van der Waals surface area contributed by atoms with Crippen LogP contribution in [0.4, 0.5) is 0 Å². The molecule has 2 unspecified atom stereocenters. The van der Waals surface area contributed by atoms with E-state index in [-0.39, 0.29) is 27.2 Å². The molecular formula is C59H58Cl2N2P2RuS+4. The third kappa shape index (κ3) is 12.0. The molecule has 2 atom stereocenters. The van der Waals surface area contributed by atoms with Crippen LogP contribution in [-0.2, 0) is 40.8 Å². The maximum atomic E-state index is 7.00. The second kappa shape index (κ2) is 24.9. The van der Waals surface area contributed by atoms with Gasteiger partial charge in [-0.25, -0.2) is 0 Å². The van der Waals surface area contributed by atoms with E-state index >= 15 is 0 Å². The Morgan fingerprint density at radius 2 is 0.672 bits per heavy atom. The average molecular weight is 1060 g/mol. The summed E-state index contributed by atoms with van der Waals surface area (Å²) in [6.45, 7) is 0. The zero-order valence-corrected chi connectivity index (χ0v) is 43.7. The quantitative estimate of drug-likeness (QED) is 0.0587. The van der Waals surface area contributed by atoms with Crippen LogP contribution in [0.15, 0.2) is 206 Å². The Morgan fingerprint density at radius 1 is 0.403 bits per heavy atom. The van der Waals surface area contributed by atoms with Crippen molar-refractivity contribution in [2.45, 2.75) is 63.5 Å². The molecule has 8 aromatic carbocycles. The number of halogens is 2. The van der Waals surface area contributed by atoms with E-state index in [2.05, 4.69) is 146 Å². The molecule has 8 aromatic rings. The van der Waals surface area contributed by atoms with Gasteiger partial charge in [-0.05, 0) is 145 Å². The molecule has 2 aliphatic carbocycles. The summed E-state index contributed by atoms with van der Waals surface area (Å²) in [6, 6.07) is 74.4. The molecule has 2 nitrogen and oxygen atoms in total. The second-order valence-electron chi connectivity index (χ2n) is 17.1. The molecule has 8 heteroatoms. The molecule has 0 spiro atoms. The first kappa shape index (κ1) is 49.3. The van der Waals surface area contributed by atoms with Gasteiger partial charge in [0.25, 0.3) is 0 Å². The van der Waals surface area contributed by atoms with Gasteiger partial charge in [-0.15, -0.1) is 0 Å². The molecule has 0 aromatic heterocycles. The van der Waals surface area contributed by atoms with Crippen LogP contribution in [0.3, 0.4) is 0 Å². The monoisotopic (exact) mass is 1060 g/mol. The van der Waals surface area contributed by atoms with Crippen molar-refractivity contribution in [2.75, 3.05) is 0 Å². The molecule has 10 rings (SSSR count). The van der Waals surface area contributed by atoms with Crippen molar-refractivity contribution >= 4 is 84.1 Å². The molecule has 0 fully saturated rings. The molecule has 0 amide bonds. The van der Waals surface area contributed by atoms with Crippen LogP contribution < -0.4 is 43.3 Å². The Balaban J connectivity index is 0.000000268. The van der Waals surface area contributed by atoms with E-state index in [4.69, 9.17) is 43.1 Å². The van der Waals surface area contributed by atoms with Gasteiger partial charge < -0.3 is 11.5 Å². The van der Waals surface area contributed by atoms with Crippen molar-refractivity contribution in [3.63, 3.8) is 0 Å². The number of nitrogens with two attached hydrogens (primary N) is 2. The van der Waals surface area contributed by atoms with Crippen LogP contribution in [0.1, 0.15) is 82.3 Å². The molecule has 4 N–H and O–H groups in total. The van der Waals surface area contributed by atoms with Gasteiger partial charge in [0.15, 0.2) is 0 Å². The normalized spacial score (nSPS) is 13.8. The summed E-state index contributed by atoms with van der Waals surface area (Å²) in [4.78, 5) is 1.10. The van der Waals surface area contributed by atoms with E-state index in [0.29, 0.717) is 0 Å². The number of hydrogen-bond donors (Lipinski definition) is 2. The SMILES string of the molecule is NC(c1ccccc1)C(N)c1ccccc1.S=C(c1c([PH+](c2ccccc2)c2ccccc2)ccc2c1CCCC2)c1c([PH+](c2ccccc2)c2ccccc2)ccc2c1CCCC2.[Cl][Ru+2][Cl]. The van der Waals surface area contributed by atoms with Gasteiger partial charge in [0, 0.05) is 23.2 Å². The standard InChI is InChI=1S/C45H40P2S.C14H16N2.2ClH.Ru/c48-45(43-39-27-15-13-17-33(39)29-31-41(43)46(35-19-5-1-6-20-35)36-21-7-2-8-22-36)44-40-28-16-14-18-34(40)30-32-42(44)47(37-23-9-3-10-24-37)38-25-11-4-12-26-38;15-13(11-7-3-1-4-8-11)14(16)12-9-5-2-6-10-12;;;/h1-12,19-26,29-32H,13-18,27-28H2;1-10,13-14H,15-16H2;2*1H;/q;;;;+4. The molecule has 0 bridgehead atoms. The fourth-order valence-electron chi connectivity index (χ4n) is 9.86. The first-order valence-electron chi connectivity index (χ1n) is 23.2. The number of fused-ring (bicyclic) bond motifs is 2. The van der Waals surface area contributed by atoms with E-state index < -0.39 is 15.8 Å². The van der Waals surface area contributed by atoms with Crippen LogP contribution in [-0.4, -0.2) is 4.86 Å². The van der Waals surface area contributed by atoms with Crippen molar-refractivity contribution in [1.82, 2.24) is 0 Å². The van der Waals surface area contributed by atoms with Crippen molar-refractivity contribution in [2.24, 2.45) is 11.5 Å². The van der Waals surface area contributed by atoms with Gasteiger partial charge in [0.1, 0.15) is 31.8 Å². The Bertz CT molecular complexity index is 2530. The molecule has 0 aliphatic heterocycles. The molecule has 67 heavy (non-hydrogen) atoms. The van der Waals surface area contributed by atoms with Gasteiger partial charge in [0.2, 0.25) is 0 Å².